The van der Waals surface area contributed by atoms with E-state index in [1.54, 1.807) is 30.3 Å². The van der Waals surface area contributed by atoms with E-state index in [0.29, 0.717) is 24.4 Å². The number of piperazine rings is 1. The number of para-hydroxylation sites is 1. The van der Waals surface area contributed by atoms with E-state index in [9.17, 15) is 9.18 Å². The van der Waals surface area contributed by atoms with Crippen LogP contribution in [0.4, 0.5) is 10.2 Å². The zero-order valence-corrected chi connectivity index (χ0v) is 22.4. The standard InChI is InChI=1S/C31H30FN5O2/c1-19-17-36(18-20(2)37(19)31(38)21(3)32)28-13-12-24(15-34-28)27-16-35-29-25(6-5-7-26(29)30(27)39-4)23-10-8-22(14-33)9-11-23/h5-13,15-16,19-21H,17-18H2,1-4H3. The summed E-state index contributed by atoms with van der Waals surface area (Å²) in [4.78, 5) is 25.6. The Kier molecular flexibility index (Phi) is 7.16. The van der Waals surface area contributed by atoms with Crippen molar-refractivity contribution in [2.75, 3.05) is 25.1 Å². The molecule has 7 nitrogen and oxygen atoms in total. The highest BCUT2D eigenvalue weighted by molar-refractivity contribution is 6.00. The van der Waals surface area contributed by atoms with Gasteiger partial charge < -0.3 is 14.5 Å². The monoisotopic (exact) mass is 523 g/mol. The molecule has 3 heterocycles. The van der Waals surface area contributed by atoms with Gasteiger partial charge in [-0.3, -0.25) is 9.78 Å². The average molecular weight is 524 g/mol. The summed E-state index contributed by atoms with van der Waals surface area (Å²) in [6.07, 6.45) is 2.10. The van der Waals surface area contributed by atoms with Crippen LogP contribution < -0.4 is 9.64 Å². The van der Waals surface area contributed by atoms with Crippen molar-refractivity contribution in [2.45, 2.75) is 39.0 Å². The summed E-state index contributed by atoms with van der Waals surface area (Å²) in [5, 5.41) is 10.0. The van der Waals surface area contributed by atoms with Gasteiger partial charge in [-0.2, -0.15) is 5.26 Å². The predicted molar refractivity (Wildman–Crippen MR) is 150 cm³/mol. The third-order valence-corrected chi connectivity index (χ3v) is 7.27. The first kappa shape index (κ1) is 26.1. The van der Waals surface area contributed by atoms with Crippen molar-refractivity contribution >= 4 is 22.6 Å². The van der Waals surface area contributed by atoms with Gasteiger partial charge in [-0.1, -0.05) is 24.3 Å². The molecule has 0 saturated carbocycles. The molecule has 2 aromatic carbocycles. The number of pyridine rings is 2. The summed E-state index contributed by atoms with van der Waals surface area (Å²) in [6.45, 7) is 6.32. The van der Waals surface area contributed by atoms with E-state index >= 15 is 0 Å². The zero-order valence-electron chi connectivity index (χ0n) is 22.4. The minimum absolute atomic E-state index is 0.129. The fourth-order valence-corrected chi connectivity index (χ4v) is 5.46. The van der Waals surface area contributed by atoms with Crippen LogP contribution in [-0.4, -0.2) is 59.2 Å². The Morgan fingerprint density at radius 3 is 2.28 bits per heavy atom. The molecule has 1 aliphatic rings. The van der Waals surface area contributed by atoms with E-state index < -0.39 is 12.1 Å². The molecule has 1 fully saturated rings. The second kappa shape index (κ2) is 10.7. The van der Waals surface area contributed by atoms with E-state index in [1.807, 2.05) is 62.5 Å². The van der Waals surface area contributed by atoms with Gasteiger partial charge in [0.05, 0.1) is 24.3 Å². The molecule has 1 aliphatic heterocycles. The Morgan fingerprint density at radius 1 is 1.00 bits per heavy atom. The molecule has 1 amide bonds. The molecule has 198 valence electrons. The predicted octanol–water partition coefficient (Wildman–Crippen LogP) is 5.63. The third kappa shape index (κ3) is 4.88. The summed E-state index contributed by atoms with van der Waals surface area (Å²) in [6, 6.07) is 19.3. The number of ether oxygens (including phenoxy) is 1. The fourth-order valence-electron chi connectivity index (χ4n) is 5.46. The number of carbonyl (C=O) groups is 1. The maximum absolute atomic E-state index is 13.7. The molecule has 3 atom stereocenters. The second-order valence-electron chi connectivity index (χ2n) is 9.97. The van der Waals surface area contributed by atoms with Crippen LogP contribution >= 0.6 is 0 Å². The molecule has 4 aromatic rings. The van der Waals surface area contributed by atoms with E-state index in [2.05, 4.69) is 11.0 Å². The maximum Gasteiger partial charge on any atom is 0.257 e. The molecule has 0 spiro atoms. The number of rotatable bonds is 5. The highest BCUT2D eigenvalue weighted by Gasteiger charge is 2.35. The van der Waals surface area contributed by atoms with Crippen molar-refractivity contribution in [1.82, 2.24) is 14.9 Å². The Balaban J connectivity index is 1.44. The van der Waals surface area contributed by atoms with Crippen LogP contribution in [0.1, 0.15) is 26.3 Å². The fraction of sp³-hybridized carbons (Fsp3) is 0.290. The number of nitriles is 1. The highest BCUT2D eigenvalue weighted by Crippen LogP contribution is 2.39. The Labute approximate surface area is 227 Å². The minimum Gasteiger partial charge on any atom is -0.495 e. The first-order valence-corrected chi connectivity index (χ1v) is 13.0. The Hall–Kier alpha value is -4.51. The summed E-state index contributed by atoms with van der Waals surface area (Å²) in [5.41, 5.74) is 5.05. The number of hydrogen-bond acceptors (Lipinski definition) is 6. The van der Waals surface area contributed by atoms with Crippen LogP contribution in [-0.2, 0) is 4.79 Å². The zero-order chi connectivity index (χ0) is 27.7. The highest BCUT2D eigenvalue weighted by atomic mass is 19.1. The lowest BCUT2D eigenvalue weighted by Crippen LogP contribution is -2.60. The molecule has 8 heteroatoms. The number of amides is 1. The van der Waals surface area contributed by atoms with Crippen molar-refractivity contribution in [3.8, 4) is 34.1 Å². The molecular formula is C31H30FN5O2. The topological polar surface area (TPSA) is 82.3 Å². The van der Waals surface area contributed by atoms with Gasteiger partial charge in [-0.25, -0.2) is 9.37 Å². The molecule has 3 unspecified atom stereocenters. The number of anilines is 1. The summed E-state index contributed by atoms with van der Waals surface area (Å²) < 4.78 is 19.6. The van der Waals surface area contributed by atoms with E-state index in [1.165, 1.54) is 6.92 Å². The number of carbonyl (C=O) groups excluding carboxylic acids is 1. The number of benzene rings is 2. The number of nitrogens with zero attached hydrogens (tertiary/aromatic N) is 5. The number of halogens is 1. The van der Waals surface area contributed by atoms with E-state index in [4.69, 9.17) is 20.0 Å². The number of fused-ring (bicyclic) bond motifs is 1. The lowest BCUT2D eigenvalue weighted by atomic mass is 9.98. The number of methoxy groups -OCH3 is 1. The smallest absolute Gasteiger partial charge is 0.257 e. The maximum atomic E-state index is 13.7. The normalized spacial score (nSPS) is 18.1. The largest absolute Gasteiger partial charge is 0.495 e. The molecule has 1 saturated heterocycles. The SMILES string of the molecule is COc1c(-c2ccc(N3CC(C)N(C(=O)C(C)F)C(C)C3)nc2)cnc2c(-c3ccc(C#N)cc3)cccc12. The van der Waals surface area contributed by atoms with Gasteiger partial charge in [-0.05, 0) is 56.7 Å². The van der Waals surface area contributed by atoms with Gasteiger partial charge >= 0.3 is 0 Å². The van der Waals surface area contributed by atoms with Gasteiger partial charge in [0.2, 0.25) is 0 Å². The van der Waals surface area contributed by atoms with Gasteiger partial charge in [0, 0.05) is 59.6 Å². The average Bonchev–Trinajstić information content (AvgIpc) is 2.95. The van der Waals surface area contributed by atoms with Crippen LogP contribution in [0, 0.1) is 11.3 Å². The summed E-state index contributed by atoms with van der Waals surface area (Å²) in [5.74, 6) is 1.05. The lowest BCUT2D eigenvalue weighted by Gasteiger charge is -2.45. The molecule has 0 bridgehead atoms. The molecule has 39 heavy (non-hydrogen) atoms. The van der Waals surface area contributed by atoms with Crippen molar-refractivity contribution in [1.29, 1.82) is 5.26 Å². The van der Waals surface area contributed by atoms with E-state index in [-0.39, 0.29) is 12.1 Å². The van der Waals surface area contributed by atoms with Gasteiger partial charge in [0.15, 0.2) is 6.17 Å². The molecule has 2 aromatic heterocycles. The van der Waals surface area contributed by atoms with Crippen LogP contribution in [0.25, 0.3) is 33.2 Å². The van der Waals surface area contributed by atoms with Gasteiger partial charge in [0.1, 0.15) is 11.6 Å². The number of alkyl halides is 1. The van der Waals surface area contributed by atoms with Crippen LogP contribution in [0.3, 0.4) is 0 Å². The first-order chi connectivity index (χ1) is 18.8. The van der Waals surface area contributed by atoms with Crippen LogP contribution in [0.2, 0.25) is 0 Å². The molecule has 5 rings (SSSR count). The van der Waals surface area contributed by atoms with Crippen molar-refractivity contribution < 1.29 is 13.9 Å². The Morgan fingerprint density at radius 2 is 1.69 bits per heavy atom. The second-order valence-corrected chi connectivity index (χ2v) is 9.97. The van der Waals surface area contributed by atoms with Crippen molar-refractivity contribution in [2.24, 2.45) is 0 Å². The number of aromatic nitrogens is 2. The van der Waals surface area contributed by atoms with Gasteiger partial charge in [-0.15, -0.1) is 0 Å². The first-order valence-electron chi connectivity index (χ1n) is 13.0. The summed E-state index contributed by atoms with van der Waals surface area (Å²) in [7, 11) is 1.65. The molecule has 0 N–H and O–H groups in total. The quantitative estimate of drug-likeness (QED) is 0.337. The lowest BCUT2D eigenvalue weighted by molar-refractivity contribution is -0.140. The summed E-state index contributed by atoms with van der Waals surface area (Å²) >= 11 is 0. The molecular weight excluding hydrogens is 493 g/mol. The van der Waals surface area contributed by atoms with Gasteiger partial charge in [0.25, 0.3) is 5.91 Å². The van der Waals surface area contributed by atoms with Crippen LogP contribution in [0.5, 0.6) is 5.75 Å². The van der Waals surface area contributed by atoms with Crippen LogP contribution in [0.15, 0.2) is 67.0 Å². The minimum atomic E-state index is -1.51. The van der Waals surface area contributed by atoms with Crippen molar-refractivity contribution in [3.05, 3.63) is 72.6 Å². The number of hydrogen-bond donors (Lipinski definition) is 0. The molecule has 0 aliphatic carbocycles. The Bertz CT molecular complexity index is 1530. The third-order valence-electron chi connectivity index (χ3n) is 7.27. The molecule has 0 radical (unpaired) electrons. The van der Waals surface area contributed by atoms with Crippen molar-refractivity contribution in [3.63, 3.8) is 0 Å². The van der Waals surface area contributed by atoms with E-state index in [0.717, 1.165) is 39.0 Å².